The fourth-order valence-corrected chi connectivity index (χ4v) is 5.15. The highest BCUT2D eigenvalue weighted by atomic mass is 35.5. The first kappa shape index (κ1) is 30.9. The van der Waals surface area contributed by atoms with Crippen LogP contribution in [0.1, 0.15) is 22.3 Å². The molecular formula is C27H31ClF5N5O3. The van der Waals surface area contributed by atoms with Crippen LogP contribution in [0.15, 0.2) is 30.3 Å². The number of anilines is 2. The molecule has 0 bridgehead atoms. The minimum Gasteiger partial charge on any atom is -0.480 e. The van der Waals surface area contributed by atoms with Gasteiger partial charge in [0.1, 0.15) is 0 Å². The van der Waals surface area contributed by atoms with E-state index in [1.807, 2.05) is 9.80 Å². The Labute approximate surface area is 239 Å². The zero-order valence-corrected chi connectivity index (χ0v) is 22.9. The lowest BCUT2D eigenvalue weighted by molar-refractivity contribution is -0.139. The van der Waals surface area contributed by atoms with Crippen molar-refractivity contribution in [1.29, 1.82) is 0 Å². The SMILES string of the molecule is O=C(O)CN1CCN(Cc2ccc(C(=O)Nc3ccc(Cl)cc3N3CCN(CCC(F)(F)F)CC3)c(F)c2F)CC1. The molecule has 2 heterocycles. The molecule has 0 spiro atoms. The molecule has 0 unspecified atom stereocenters. The van der Waals surface area contributed by atoms with E-state index < -0.39 is 41.7 Å². The lowest BCUT2D eigenvalue weighted by Crippen LogP contribution is -2.47. The molecule has 1 amide bonds. The standard InChI is InChI=1S/C27H31ClF5N5O3/c28-19-2-4-21(22(15-19)38-13-11-35(12-14-38)6-5-27(31,32)33)34-26(41)20-3-1-18(24(29)25(20)30)16-36-7-9-37(10-8-36)17-23(39)40/h1-4,15H,5-14,16-17H2,(H,34,41)(H,39,40). The summed E-state index contributed by atoms with van der Waals surface area (Å²) in [6, 6.07) is 7.27. The number of aliphatic carboxylic acids is 1. The van der Waals surface area contributed by atoms with Crippen LogP contribution in [0, 0.1) is 11.6 Å². The summed E-state index contributed by atoms with van der Waals surface area (Å²) in [4.78, 5) is 31.1. The number of amides is 1. The van der Waals surface area contributed by atoms with Gasteiger partial charge < -0.3 is 15.3 Å². The van der Waals surface area contributed by atoms with Gasteiger partial charge >= 0.3 is 12.1 Å². The third-order valence-electron chi connectivity index (χ3n) is 7.26. The molecule has 2 N–H and O–H groups in total. The van der Waals surface area contributed by atoms with Crippen molar-refractivity contribution in [3.8, 4) is 0 Å². The minimum absolute atomic E-state index is 0.0753. The molecule has 4 rings (SSSR count). The van der Waals surface area contributed by atoms with Gasteiger partial charge in [0.25, 0.3) is 5.91 Å². The monoisotopic (exact) mass is 603 g/mol. The van der Waals surface area contributed by atoms with Crippen LogP contribution in [0.4, 0.5) is 33.3 Å². The largest absolute Gasteiger partial charge is 0.480 e. The number of benzene rings is 2. The second-order valence-corrected chi connectivity index (χ2v) is 10.6. The van der Waals surface area contributed by atoms with Gasteiger partial charge in [-0.05, 0) is 24.3 Å². The van der Waals surface area contributed by atoms with E-state index in [-0.39, 0.29) is 25.2 Å². The van der Waals surface area contributed by atoms with Crippen molar-refractivity contribution in [3.05, 3.63) is 58.1 Å². The molecule has 2 aliphatic rings. The number of halogens is 6. The fraction of sp³-hybridized carbons (Fsp3) is 0.481. The summed E-state index contributed by atoms with van der Waals surface area (Å²) in [5, 5.41) is 11.9. The molecule has 0 atom stereocenters. The molecule has 2 aliphatic heterocycles. The van der Waals surface area contributed by atoms with Crippen LogP contribution in [0.2, 0.25) is 5.02 Å². The second-order valence-electron chi connectivity index (χ2n) is 10.2. The van der Waals surface area contributed by atoms with E-state index >= 15 is 4.39 Å². The van der Waals surface area contributed by atoms with Gasteiger partial charge in [-0.25, -0.2) is 8.78 Å². The van der Waals surface area contributed by atoms with E-state index in [9.17, 15) is 27.2 Å². The molecule has 0 radical (unpaired) electrons. The van der Waals surface area contributed by atoms with E-state index in [2.05, 4.69) is 5.32 Å². The summed E-state index contributed by atoms with van der Waals surface area (Å²) >= 11 is 6.17. The van der Waals surface area contributed by atoms with E-state index in [0.717, 1.165) is 0 Å². The number of nitrogens with one attached hydrogen (secondary N) is 1. The van der Waals surface area contributed by atoms with Crippen LogP contribution in [-0.4, -0.2) is 103 Å². The Morgan fingerprint density at radius 1 is 0.878 bits per heavy atom. The highest BCUT2D eigenvalue weighted by molar-refractivity contribution is 6.31. The number of hydrogen-bond donors (Lipinski definition) is 2. The predicted molar refractivity (Wildman–Crippen MR) is 144 cm³/mol. The van der Waals surface area contributed by atoms with Crippen LogP contribution in [-0.2, 0) is 11.3 Å². The zero-order chi connectivity index (χ0) is 29.7. The maximum absolute atomic E-state index is 15.0. The fourth-order valence-electron chi connectivity index (χ4n) is 4.98. The van der Waals surface area contributed by atoms with Gasteiger partial charge in [0.2, 0.25) is 0 Å². The van der Waals surface area contributed by atoms with Gasteiger partial charge in [0, 0.05) is 76.0 Å². The molecule has 2 aromatic rings. The molecule has 0 saturated carbocycles. The van der Waals surface area contributed by atoms with Gasteiger partial charge in [-0.3, -0.25) is 24.3 Å². The van der Waals surface area contributed by atoms with Gasteiger partial charge in [-0.2, -0.15) is 13.2 Å². The maximum Gasteiger partial charge on any atom is 0.390 e. The Balaban J connectivity index is 1.40. The predicted octanol–water partition coefficient (Wildman–Crippen LogP) is 4.15. The second kappa shape index (κ2) is 13.3. The molecular weight excluding hydrogens is 573 g/mol. The normalized spacial score (nSPS) is 17.6. The zero-order valence-electron chi connectivity index (χ0n) is 22.2. The van der Waals surface area contributed by atoms with Crippen molar-refractivity contribution in [2.45, 2.75) is 19.1 Å². The average molecular weight is 604 g/mol. The molecule has 2 aromatic carbocycles. The van der Waals surface area contributed by atoms with Gasteiger partial charge in [-0.1, -0.05) is 17.7 Å². The van der Waals surface area contributed by atoms with Crippen molar-refractivity contribution in [3.63, 3.8) is 0 Å². The van der Waals surface area contributed by atoms with Crippen molar-refractivity contribution < 1.29 is 36.6 Å². The molecule has 224 valence electrons. The highest BCUT2D eigenvalue weighted by Crippen LogP contribution is 2.31. The van der Waals surface area contributed by atoms with Crippen LogP contribution < -0.4 is 10.2 Å². The number of carboxylic acid groups (broad SMARTS) is 1. The molecule has 2 fully saturated rings. The molecule has 0 aromatic heterocycles. The first-order valence-electron chi connectivity index (χ1n) is 13.2. The van der Waals surface area contributed by atoms with Crippen LogP contribution >= 0.6 is 11.6 Å². The number of hydrogen-bond acceptors (Lipinski definition) is 6. The number of nitrogens with zero attached hydrogens (tertiary/aromatic N) is 4. The van der Waals surface area contributed by atoms with Crippen molar-refractivity contribution in [2.24, 2.45) is 0 Å². The number of carbonyl (C=O) groups is 2. The Hall–Kier alpha value is -3.00. The summed E-state index contributed by atoms with van der Waals surface area (Å²) in [5.41, 5.74) is 0.448. The molecule has 8 nitrogen and oxygen atoms in total. The van der Waals surface area contributed by atoms with E-state index in [1.165, 1.54) is 24.3 Å². The summed E-state index contributed by atoms with van der Waals surface area (Å²) in [7, 11) is 0. The van der Waals surface area contributed by atoms with E-state index in [0.29, 0.717) is 68.8 Å². The lowest BCUT2D eigenvalue weighted by atomic mass is 10.1. The quantitative estimate of drug-likeness (QED) is 0.417. The Morgan fingerprint density at radius 2 is 1.51 bits per heavy atom. The van der Waals surface area contributed by atoms with Gasteiger partial charge in [-0.15, -0.1) is 0 Å². The Morgan fingerprint density at radius 3 is 2.15 bits per heavy atom. The van der Waals surface area contributed by atoms with Crippen LogP contribution in [0.5, 0.6) is 0 Å². The van der Waals surface area contributed by atoms with Gasteiger partial charge in [0.15, 0.2) is 11.6 Å². The molecule has 2 saturated heterocycles. The van der Waals surface area contributed by atoms with Gasteiger partial charge in [0.05, 0.1) is 29.9 Å². The summed E-state index contributed by atoms with van der Waals surface area (Å²) in [6.07, 6.45) is -5.12. The number of rotatable bonds is 9. The number of piperazine rings is 2. The van der Waals surface area contributed by atoms with Crippen molar-refractivity contribution >= 4 is 34.9 Å². The Bertz CT molecular complexity index is 1250. The third-order valence-corrected chi connectivity index (χ3v) is 7.49. The van der Waals surface area contributed by atoms with Crippen LogP contribution in [0.25, 0.3) is 0 Å². The first-order valence-corrected chi connectivity index (χ1v) is 13.6. The molecule has 14 heteroatoms. The third kappa shape index (κ3) is 8.51. The lowest BCUT2D eigenvalue weighted by Gasteiger charge is -2.37. The molecule has 0 aliphatic carbocycles. The number of alkyl halides is 3. The van der Waals surface area contributed by atoms with Crippen LogP contribution in [0.3, 0.4) is 0 Å². The first-order chi connectivity index (χ1) is 19.4. The van der Waals surface area contributed by atoms with Crippen molar-refractivity contribution in [2.75, 3.05) is 75.7 Å². The average Bonchev–Trinajstić information content (AvgIpc) is 2.92. The summed E-state index contributed by atoms with van der Waals surface area (Å²) in [6.45, 7) is 3.45. The highest BCUT2D eigenvalue weighted by Gasteiger charge is 2.29. The number of carboxylic acids is 1. The minimum atomic E-state index is -4.23. The topological polar surface area (TPSA) is 79.4 Å². The van der Waals surface area contributed by atoms with E-state index in [4.69, 9.17) is 16.7 Å². The number of carbonyl (C=O) groups excluding carboxylic acids is 1. The smallest absolute Gasteiger partial charge is 0.390 e. The van der Waals surface area contributed by atoms with E-state index in [1.54, 1.807) is 15.9 Å². The maximum atomic E-state index is 15.0. The molecule has 41 heavy (non-hydrogen) atoms. The van der Waals surface area contributed by atoms with Crippen molar-refractivity contribution in [1.82, 2.24) is 14.7 Å². The summed E-state index contributed by atoms with van der Waals surface area (Å²) < 4.78 is 67.8. The Kier molecular flexibility index (Phi) is 10.1. The summed E-state index contributed by atoms with van der Waals surface area (Å²) in [5.74, 6) is -4.19.